The molecule has 0 atom stereocenters. The maximum atomic E-state index is 13.4. The van der Waals surface area contributed by atoms with Crippen LogP contribution in [-0.4, -0.2) is 38.5 Å². The number of hydrogen-bond acceptors (Lipinski definition) is 6. The number of hydrazine groups is 1. The molecule has 6 N–H and O–H groups in total. The molecular formula is C25H30ClF3N7O2+. The number of amidine groups is 1. The van der Waals surface area contributed by atoms with Crippen molar-refractivity contribution in [3.8, 4) is 11.8 Å². The second kappa shape index (κ2) is 11.3. The van der Waals surface area contributed by atoms with Crippen LogP contribution in [0.3, 0.4) is 0 Å². The number of rotatable bonds is 6. The topological polar surface area (TPSA) is 120 Å². The summed E-state index contributed by atoms with van der Waals surface area (Å²) >= 11 is 6.36. The lowest BCUT2D eigenvalue weighted by Gasteiger charge is -2.27. The quantitative estimate of drug-likeness (QED) is 0.278. The van der Waals surface area contributed by atoms with Crippen LogP contribution >= 0.6 is 11.6 Å². The van der Waals surface area contributed by atoms with E-state index >= 15 is 0 Å². The lowest BCUT2D eigenvalue weighted by Crippen LogP contribution is -2.87. The monoisotopic (exact) mass is 552 g/mol. The van der Waals surface area contributed by atoms with Crippen molar-refractivity contribution in [2.45, 2.75) is 57.9 Å². The summed E-state index contributed by atoms with van der Waals surface area (Å²) in [6.45, 7) is 3.45. The Balaban J connectivity index is 1.50. The second-order valence-corrected chi connectivity index (χ2v) is 10.3. The highest BCUT2D eigenvalue weighted by atomic mass is 35.5. The van der Waals surface area contributed by atoms with Crippen molar-refractivity contribution in [1.82, 2.24) is 25.8 Å². The molecule has 2 aromatic rings. The first kappa shape index (κ1) is 27.9. The Labute approximate surface area is 223 Å². The minimum Gasteiger partial charge on any atom is -0.378 e. The third kappa shape index (κ3) is 7.05. The summed E-state index contributed by atoms with van der Waals surface area (Å²) in [5.41, 5.74) is 6.11. The molecule has 2 heterocycles. The highest BCUT2D eigenvalue weighted by Gasteiger charge is 2.31. The molecule has 1 aliphatic carbocycles. The fraction of sp³-hybridized carbons (Fsp3) is 0.480. The summed E-state index contributed by atoms with van der Waals surface area (Å²) in [7, 11) is 0. The van der Waals surface area contributed by atoms with Crippen molar-refractivity contribution in [3.05, 3.63) is 52.1 Å². The lowest BCUT2D eigenvalue weighted by atomic mass is 9.81. The van der Waals surface area contributed by atoms with Gasteiger partial charge in [0.15, 0.2) is 5.84 Å². The smallest absolute Gasteiger partial charge is 0.378 e. The van der Waals surface area contributed by atoms with Crippen LogP contribution in [0, 0.1) is 23.7 Å². The van der Waals surface area contributed by atoms with E-state index in [9.17, 15) is 23.1 Å². The molecule has 38 heavy (non-hydrogen) atoms. The van der Waals surface area contributed by atoms with Crippen molar-refractivity contribution in [2.24, 2.45) is 16.9 Å². The van der Waals surface area contributed by atoms with E-state index in [4.69, 9.17) is 11.6 Å². The van der Waals surface area contributed by atoms with Gasteiger partial charge in [-0.05, 0) is 85.8 Å². The molecule has 1 aliphatic heterocycles. The van der Waals surface area contributed by atoms with Gasteiger partial charge >= 0.3 is 6.18 Å². The minimum absolute atomic E-state index is 0.0161. The van der Waals surface area contributed by atoms with Gasteiger partial charge in [-0.2, -0.15) is 13.2 Å². The van der Waals surface area contributed by atoms with Crippen molar-refractivity contribution in [2.75, 3.05) is 6.54 Å². The van der Waals surface area contributed by atoms with Crippen LogP contribution < -0.4 is 21.8 Å². The van der Waals surface area contributed by atoms with Gasteiger partial charge < -0.3 is 15.0 Å². The first-order valence-electron chi connectivity index (χ1n) is 12.3. The standard InChI is InChI=1S/C25H29ClF3N7O2/c1-24(2,38)12-11-19-20(22(37)30-13-15-3-7-17(8-4-15)21-32-34-35-33-21)36(23(26)31-19)14-16-5-9-18(10-6-16)25(27,28)29/h5-6,9-10,15,17,34-35,38H,3-4,7-8,13-14H2,1-2H3,(H,30,37)(H,32,33)/p+1. The highest BCUT2D eigenvalue weighted by molar-refractivity contribution is 6.29. The van der Waals surface area contributed by atoms with E-state index in [2.05, 4.69) is 38.2 Å². The van der Waals surface area contributed by atoms with Gasteiger partial charge in [0.25, 0.3) is 5.91 Å². The number of nitrogens with zero attached hydrogens (tertiary/aromatic N) is 3. The zero-order valence-corrected chi connectivity index (χ0v) is 21.7. The van der Waals surface area contributed by atoms with E-state index in [0.29, 0.717) is 18.0 Å². The van der Waals surface area contributed by atoms with E-state index in [-0.39, 0.29) is 29.1 Å². The summed E-state index contributed by atoms with van der Waals surface area (Å²) < 4.78 is 40.3. The molecule has 0 unspecified atom stereocenters. The fourth-order valence-electron chi connectivity index (χ4n) is 4.49. The number of carbonyl (C=O) groups is 1. The van der Waals surface area contributed by atoms with Gasteiger partial charge in [-0.1, -0.05) is 23.6 Å². The number of hydrogen-bond donors (Lipinski definition) is 5. The van der Waals surface area contributed by atoms with E-state index in [1.807, 2.05) is 0 Å². The van der Waals surface area contributed by atoms with E-state index in [0.717, 1.165) is 43.7 Å². The number of quaternary nitrogens is 1. The zero-order valence-electron chi connectivity index (χ0n) is 21.0. The third-order valence-electron chi connectivity index (χ3n) is 6.50. The molecule has 0 radical (unpaired) electrons. The van der Waals surface area contributed by atoms with Crippen molar-refractivity contribution in [1.29, 1.82) is 0 Å². The summed E-state index contributed by atoms with van der Waals surface area (Å²) in [6, 6.07) is 4.62. The first-order chi connectivity index (χ1) is 17.9. The Hall–Kier alpha value is -3.11. The van der Waals surface area contributed by atoms with Crippen molar-refractivity contribution < 1.29 is 28.6 Å². The number of aliphatic hydroxyl groups is 1. The molecule has 4 rings (SSSR count). The van der Waals surface area contributed by atoms with Gasteiger partial charge in [0.1, 0.15) is 17.0 Å². The number of nitrogens with two attached hydrogens (primary N) is 1. The van der Waals surface area contributed by atoms with Crippen LogP contribution in [0.15, 0.2) is 29.4 Å². The molecular weight excluding hydrogens is 523 g/mol. The largest absolute Gasteiger partial charge is 0.416 e. The molecule has 1 aromatic carbocycles. The van der Waals surface area contributed by atoms with Crippen molar-refractivity contribution in [3.63, 3.8) is 0 Å². The maximum absolute atomic E-state index is 13.4. The van der Waals surface area contributed by atoms with Gasteiger partial charge in [0.2, 0.25) is 5.28 Å². The molecule has 2 aliphatic rings. The number of carbonyl (C=O) groups excluding carboxylic acids is 1. The predicted molar refractivity (Wildman–Crippen MR) is 134 cm³/mol. The second-order valence-electron chi connectivity index (χ2n) is 10.0. The predicted octanol–water partition coefficient (Wildman–Crippen LogP) is 2.16. The van der Waals surface area contributed by atoms with Crippen LogP contribution in [0.5, 0.6) is 0 Å². The third-order valence-corrected chi connectivity index (χ3v) is 6.79. The Morgan fingerprint density at radius 2 is 1.92 bits per heavy atom. The number of imidazole rings is 1. The van der Waals surface area contributed by atoms with Gasteiger partial charge in [0, 0.05) is 12.5 Å². The summed E-state index contributed by atoms with van der Waals surface area (Å²) in [5, 5.41) is 17.3. The molecule has 9 nitrogen and oxygen atoms in total. The van der Waals surface area contributed by atoms with Crippen LogP contribution in [-0.2, 0) is 12.7 Å². The van der Waals surface area contributed by atoms with Gasteiger partial charge in [-0.3, -0.25) is 10.2 Å². The highest BCUT2D eigenvalue weighted by Crippen LogP contribution is 2.30. The molecule has 0 saturated heterocycles. The molecule has 1 amide bonds. The number of halogens is 4. The Morgan fingerprint density at radius 3 is 2.50 bits per heavy atom. The van der Waals surface area contributed by atoms with Gasteiger partial charge in [-0.15, -0.1) is 5.53 Å². The maximum Gasteiger partial charge on any atom is 0.416 e. The summed E-state index contributed by atoms with van der Waals surface area (Å²) in [4.78, 5) is 17.6. The van der Waals surface area contributed by atoms with Crippen LogP contribution in [0.2, 0.25) is 5.28 Å². The SMILES string of the molecule is CC(C)(O)C#Cc1nc(Cl)n(Cc2ccc(C(F)(F)F)cc2)c1C(=O)NCC1CCC(C2=N[NH2+]NN2)CC1. The molecule has 1 aromatic heterocycles. The molecule has 1 fully saturated rings. The normalized spacial score (nSPS) is 19.8. The average molecular weight is 553 g/mol. The average Bonchev–Trinajstić information content (AvgIpc) is 3.50. The summed E-state index contributed by atoms with van der Waals surface area (Å²) in [6.07, 6.45) is -0.722. The van der Waals surface area contributed by atoms with Gasteiger partial charge in [0.05, 0.1) is 12.1 Å². The zero-order chi connectivity index (χ0) is 27.5. The van der Waals surface area contributed by atoms with Gasteiger partial charge in [-0.25, -0.2) is 4.98 Å². The first-order valence-corrected chi connectivity index (χ1v) is 12.7. The Morgan fingerprint density at radius 1 is 1.24 bits per heavy atom. The molecule has 13 heteroatoms. The number of alkyl halides is 3. The number of benzene rings is 1. The summed E-state index contributed by atoms with van der Waals surface area (Å²) in [5.74, 6) is 6.49. The minimum atomic E-state index is -4.45. The number of amides is 1. The molecule has 0 spiro atoms. The van der Waals surface area contributed by atoms with Crippen LogP contribution in [0.4, 0.5) is 13.2 Å². The molecule has 204 valence electrons. The number of aromatic nitrogens is 2. The van der Waals surface area contributed by atoms with Crippen LogP contribution in [0.1, 0.15) is 66.8 Å². The van der Waals surface area contributed by atoms with Crippen molar-refractivity contribution >= 4 is 23.3 Å². The van der Waals surface area contributed by atoms with E-state index in [1.54, 1.807) is 5.53 Å². The Bertz CT molecular complexity index is 1250. The number of nitrogens with one attached hydrogen (secondary N) is 3. The molecule has 0 bridgehead atoms. The lowest BCUT2D eigenvalue weighted by molar-refractivity contribution is -0.713. The molecule has 1 saturated carbocycles. The van der Waals surface area contributed by atoms with E-state index in [1.165, 1.54) is 30.5 Å². The van der Waals surface area contributed by atoms with Crippen LogP contribution in [0.25, 0.3) is 0 Å². The Kier molecular flexibility index (Phi) is 8.32. The fourth-order valence-corrected chi connectivity index (χ4v) is 4.72. The van der Waals surface area contributed by atoms with E-state index < -0.39 is 23.2 Å².